The van der Waals surface area contributed by atoms with Gasteiger partial charge in [-0.3, -0.25) is 9.78 Å². The van der Waals surface area contributed by atoms with Gasteiger partial charge in [0.2, 0.25) is 0 Å². The van der Waals surface area contributed by atoms with E-state index in [-0.39, 0.29) is 11.4 Å². The Labute approximate surface area is 116 Å². The number of aromatic nitrogens is 1. The first-order valence-corrected chi connectivity index (χ1v) is 6.22. The summed E-state index contributed by atoms with van der Waals surface area (Å²) in [6.45, 7) is 3.89. The smallest absolute Gasteiger partial charge is 0.254 e. The molecule has 2 rings (SSSR count). The lowest BCUT2D eigenvalue weighted by molar-refractivity contribution is 0.0995. The Morgan fingerprint density at radius 1 is 1.35 bits per heavy atom. The lowest BCUT2D eigenvalue weighted by Crippen LogP contribution is -2.16. The zero-order chi connectivity index (χ0) is 14.7. The molecule has 20 heavy (non-hydrogen) atoms. The molecule has 0 radical (unpaired) electrons. The van der Waals surface area contributed by atoms with Gasteiger partial charge < -0.3 is 10.5 Å². The van der Waals surface area contributed by atoms with Gasteiger partial charge in [-0.2, -0.15) is 0 Å². The monoisotopic (exact) mass is 274 g/mol. The van der Waals surface area contributed by atoms with Gasteiger partial charge in [0.1, 0.15) is 17.1 Å². The molecular weight excluding hydrogens is 259 g/mol. The number of primary amides is 1. The Balaban J connectivity index is 2.66. The van der Waals surface area contributed by atoms with Crippen LogP contribution in [-0.4, -0.2) is 17.5 Å². The third kappa shape index (κ3) is 2.61. The Morgan fingerprint density at radius 2 is 2.00 bits per heavy atom. The third-order valence-corrected chi connectivity index (χ3v) is 2.91. The minimum Gasteiger partial charge on any atom is -0.492 e. The Kier molecular flexibility index (Phi) is 3.98. The number of nitrogens with zero attached hydrogens (tertiary/aromatic N) is 1. The zero-order valence-electron chi connectivity index (χ0n) is 11.3. The molecule has 0 aliphatic carbocycles. The lowest BCUT2D eigenvalue weighted by atomic mass is 10.0. The van der Waals surface area contributed by atoms with Crippen molar-refractivity contribution in [2.45, 2.75) is 13.8 Å². The number of hydrogen-bond donors (Lipinski definition) is 1. The summed E-state index contributed by atoms with van der Waals surface area (Å²) in [4.78, 5) is 15.8. The first-order valence-electron chi connectivity index (χ1n) is 6.22. The molecule has 0 saturated carbocycles. The maximum absolute atomic E-state index is 13.0. The number of rotatable bonds is 4. The van der Waals surface area contributed by atoms with Gasteiger partial charge in [-0.05, 0) is 31.5 Å². The molecular formula is C15H15FN2O2. The summed E-state index contributed by atoms with van der Waals surface area (Å²) in [5.41, 5.74) is 7.49. The molecule has 0 saturated heterocycles. The zero-order valence-corrected chi connectivity index (χ0v) is 11.3. The van der Waals surface area contributed by atoms with E-state index in [4.69, 9.17) is 10.5 Å². The molecule has 0 atom stereocenters. The van der Waals surface area contributed by atoms with E-state index in [9.17, 15) is 9.18 Å². The van der Waals surface area contributed by atoms with E-state index in [1.807, 2.05) is 6.92 Å². The lowest BCUT2D eigenvalue weighted by Gasteiger charge is -2.15. The number of aryl methyl sites for hydroxylation is 1. The average molecular weight is 274 g/mol. The highest BCUT2D eigenvalue weighted by molar-refractivity contribution is 5.99. The van der Waals surface area contributed by atoms with Crippen molar-refractivity contribution in [3.63, 3.8) is 0 Å². The molecule has 0 unspecified atom stereocenters. The molecule has 0 aliphatic rings. The van der Waals surface area contributed by atoms with Gasteiger partial charge in [-0.25, -0.2) is 4.39 Å². The maximum atomic E-state index is 13.0. The summed E-state index contributed by atoms with van der Waals surface area (Å²) >= 11 is 0. The number of amides is 1. The minimum absolute atomic E-state index is 0.258. The van der Waals surface area contributed by atoms with Crippen molar-refractivity contribution in [3.8, 4) is 16.9 Å². The summed E-state index contributed by atoms with van der Waals surface area (Å²) in [5, 5.41) is 0. The van der Waals surface area contributed by atoms with E-state index >= 15 is 0 Å². The van der Waals surface area contributed by atoms with Gasteiger partial charge in [-0.15, -0.1) is 0 Å². The van der Waals surface area contributed by atoms with Crippen molar-refractivity contribution >= 4 is 5.91 Å². The molecule has 104 valence electrons. The molecule has 2 aromatic rings. The van der Waals surface area contributed by atoms with E-state index in [2.05, 4.69) is 4.98 Å². The van der Waals surface area contributed by atoms with Crippen LogP contribution in [-0.2, 0) is 0 Å². The minimum atomic E-state index is -0.595. The molecule has 1 amide bonds. The second kappa shape index (κ2) is 5.69. The van der Waals surface area contributed by atoms with Gasteiger partial charge in [0.25, 0.3) is 5.91 Å². The first kappa shape index (κ1) is 14.0. The summed E-state index contributed by atoms with van der Waals surface area (Å²) in [5.74, 6) is -0.538. The van der Waals surface area contributed by atoms with Gasteiger partial charge in [0, 0.05) is 11.8 Å². The third-order valence-electron chi connectivity index (χ3n) is 2.91. The summed E-state index contributed by atoms with van der Waals surface area (Å²) < 4.78 is 18.6. The molecule has 1 aromatic heterocycles. The van der Waals surface area contributed by atoms with Gasteiger partial charge in [0.15, 0.2) is 0 Å². The van der Waals surface area contributed by atoms with Crippen LogP contribution in [0, 0.1) is 12.7 Å². The van der Waals surface area contributed by atoms with Crippen LogP contribution in [0.15, 0.2) is 30.5 Å². The van der Waals surface area contributed by atoms with Crippen LogP contribution in [0.5, 0.6) is 5.75 Å². The quantitative estimate of drug-likeness (QED) is 0.932. The van der Waals surface area contributed by atoms with Crippen LogP contribution in [0.25, 0.3) is 11.1 Å². The average Bonchev–Trinajstić information content (AvgIpc) is 2.40. The predicted octanol–water partition coefficient (Wildman–Crippen LogP) is 2.69. The number of carbonyl (C=O) groups is 1. The SMILES string of the molecule is CCOc1c(-c2ccc(F)cc2)cnc(C)c1C(N)=O. The summed E-state index contributed by atoms with van der Waals surface area (Å²) in [6.07, 6.45) is 1.60. The first-order chi connectivity index (χ1) is 9.54. The maximum Gasteiger partial charge on any atom is 0.254 e. The van der Waals surface area contributed by atoms with E-state index in [0.717, 1.165) is 0 Å². The number of hydrogen-bond acceptors (Lipinski definition) is 3. The number of pyridine rings is 1. The molecule has 0 aliphatic heterocycles. The molecule has 2 N–H and O–H groups in total. The molecule has 0 spiro atoms. The summed E-state index contributed by atoms with van der Waals surface area (Å²) in [6, 6.07) is 5.90. The topological polar surface area (TPSA) is 65.2 Å². The van der Waals surface area contributed by atoms with Crippen LogP contribution in [0.2, 0.25) is 0 Å². The fraction of sp³-hybridized carbons (Fsp3) is 0.200. The van der Waals surface area contributed by atoms with Crippen LogP contribution < -0.4 is 10.5 Å². The van der Waals surface area contributed by atoms with Crippen molar-refractivity contribution in [1.29, 1.82) is 0 Å². The molecule has 1 heterocycles. The van der Waals surface area contributed by atoms with Crippen molar-refractivity contribution < 1.29 is 13.9 Å². The van der Waals surface area contributed by atoms with Crippen molar-refractivity contribution in [3.05, 3.63) is 47.5 Å². The second-order valence-corrected chi connectivity index (χ2v) is 4.27. The van der Waals surface area contributed by atoms with Crippen LogP contribution >= 0.6 is 0 Å². The summed E-state index contributed by atoms with van der Waals surface area (Å²) in [7, 11) is 0. The van der Waals surface area contributed by atoms with Crippen LogP contribution in [0.1, 0.15) is 23.0 Å². The standard InChI is InChI=1S/C15H15FN2O2/c1-3-20-14-12(10-4-6-11(16)7-5-10)8-18-9(2)13(14)15(17)19/h4-8H,3H2,1-2H3,(H2,17,19). The Bertz CT molecular complexity index is 639. The van der Waals surface area contributed by atoms with E-state index < -0.39 is 5.91 Å². The second-order valence-electron chi connectivity index (χ2n) is 4.27. The van der Waals surface area contributed by atoms with Gasteiger partial charge in [0.05, 0.1) is 12.3 Å². The fourth-order valence-corrected chi connectivity index (χ4v) is 2.00. The van der Waals surface area contributed by atoms with E-state index in [1.54, 1.807) is 25.3 Å². The largest absolute Gasteiger partial charge is 0.492 e. The molecule has 0 fully saturated rings. The number of benzene rings is 1. The Morgan fingerprint density at radius 3 is 2.55 bits per heavy atom. The highest BCUT2D eigenvalue weighted by Crippen LogP contribution is 2.34. The molecule has 5 heteroatoms. The number of halogens is 1. The van der Waals surface area contributed by atoms with Gasteiger partial charge >= 0.3 is 0 Å². The van der Waals surface area contributed by atoms with Crippen LogP contribution in [0.3, 0.4) is 0 Å². The fourth-order valence-electron chi connectivity index (χ4n) is 2.00. The van der Waals surface area contributed by atoms with Crippen LogP contribution in [0.4, 0.5) is 4.39 Å². The highest BCUT2D eigenvalue weighted by atomic mass is 19.1. The van der Waals surface area contributed by atoms with E-state index in [1.165, 1.54) is 12.1 Å². The van der Waals surface area contributed by atoms with Gasteiger partial charge in [-0.1, -0.05) is 12.1 Å². The number of nitrogens with two attached hydrogens (primary N) is 1. The van der Waals surface area contributed by atoms with Crippen molar-refractivity contribution in [2.75, 3.05) is 6.61 Å². The Hall–Kier alpha value is -2.43. The molecule has 1 aromatic carbocycles. The number of ether oxygens (including phenoxy) is 1. The molecule has 0 bridgehead atoms. The van der Waals surface area contributed by atoms with Crippen molar-refractivity contribution in [1.82, 2.24) is 4.98 Å². The normalized spacial score (nSPS) is 10.3. The van der Waals surface area contributed by atoms with E-state index in [0.29, 0.717) is 29.2 Å². The van der Waals surface area contributed by atoms with Crippen molar-refractivity contribution in [2.24, 2.45) is 5.73 Å². The molecule has 4 nitrogen and oxygen atoms in total. The predicted molar refractivity (Wildman–Crippen MR) is 74.1 cm³/mol. The number of carbonyl (C=O) groups excluding carboxylic acids is 1. The highest BCUT2D eigenvalue weighted by Gasteiger charge is 2.19.